The summed E-state index contributed by atoms with van der Waals surface area (Å²) >= 11 is 0. The molecule has 1 aromatic carbocycles. The van der Waals surface area contributed by atoms with Crippen LogP contribution >= 0.6 is 0 Å². The lowest BCUT2D eigenvalue weighted by atomic mass is 9.96. The highest BCUT2D eigenvalue weighted by atomic mass is 16.5. The third-order valence-corrected chi connectivity index (χ3v) is 4.21. The Morgan fingerprint density at radius 3 is 2.29 bits per heavy atom. The van der Waals surface area contributed by atoms with Gasteiger partial charge >= 0.3 is 5.97 Å². The zero-order valence-electron chi connectivity index (χ0n) is 15.0. The molecule has 0 saturated carbocycles. The number of carboxylic acids is 1. The molecule has 0 bridgehead atoms. The van der Waals surface area contributed by atoms with Gasteiger partial charge in [-0.15, -0.1) is 0 Å². The lowest BCUT2D eigenvalue weighted by molar-refractivity contribution is -0.143. The molecule has 6 heteroatoms. The second-order valence-corrected chi connectivity index (χ2v) is 6.00. The van der Waals surface area contributed by atoms with Crippen molar-refractivity contribution < 1.29 is 24.2 Å². The number of carbonyl (C=O) groups is 2. The van der Waals surface area contributed by atoms with Crippen molar-refractivity contribution in [3.63, 3.8) is 0 Å². The Morgan fingerprint density at radius 1 is 1.17 bits per heavy atom. The van der Waals surface area contributed by atoms with E-state index < -0.39 is 12.0 Å². The van der Waals surface area contributed by atoms with Gasteiger partial charge in [-0.3, -0.25) is 4.79 Å². The standard InChI is InChI=1S/C18H27NO5/c1-6-11(2)16(18(21)22)19-17(20)12(3)9-13-7-8-14(23-4)15(10-13)24-5/h7-8,10-12,16H,6,9H2,1-5H3,(H,19,20)(H,21,22)/t11-,12?,16-/m0/s1. The summed E-state index contributed by atoms with van der Waals surface area (Å²) in [5.74, 6) is -0.520. The number of benzene rings is 1. The molecule has 1 unspecified atom stereocenters. The van der Waals surface area contributed by atoms with Gasteiger partial charge in [-0.2, -0.15) is 0 Å². The first-order valence-electron chi connectivity index (χ1n) is 8.08. The monoisotopic (exact) mass is 337 g/mol. The Labute approximate surface area is 143 Å². The van der Waals surface area contributed by atoms with Gasteiger partial charge in [0, 0.05) is 5.92 Å². The third kappa shape index (κ3) is 5.15. The molecule has 0 spiro atoms. The second kappa shape index (κ2) is 9.15. The smallest absolute Gasteiger partial charge is 0.326 e. The quantitative estimate of drug-likeness (QED) is 0.723. The van der Waals surface area contributed by atoms with Gasteiger partial charge in [0.25, 0.3) is 0 Å². The van der Waals surface area contributed by atoms with Crippen molar-refractivity contribution in [1.82, 2.24) is 5.32 Å². The van der Waals surface area contributed by atoms with Gasteiger partial charge in [-0.25, -0.2) is 4.79 Å². The van der Waals surface area contributed by atoms with Crippen molar-refractivity contribution in [2.45, 2.75) is 39.7 Å². The predicted molar refractivity (Wildman–Crippen MR) is 91.4 cm³/mol. The zero-order chi connectivity index (χ0) is 18.3. The Hall–Kier alpha value is -2.24. The minimum Gasteiger partial charge on any atom is -0.493 e. The Balaban J connectivity index is 2.78. The second-order valence-electron chi connectivity index (χ2n) is 6.00. The van der Waals surface area contributed by atoms with Crippen LogP contribution in [0.15, 0.2) is 18.2 Å². The maximum Gasteiger partial charge on any atom is 0.326 e. The van der Waals surface area contributed by atoms with E-state index in [4.69, 9.17) is 9.47 Å². The van der Waals surface area contributed by atoms with Crippen molar-refractivity contribution >= 4 is 11.9 Å². The van der Waals surface area contributed by atoms with E-state index >= 15 is 0 Å². The Morgan fingerprint density at radius 2 is 1.79 bits per heavy atom. The van der Waals surface area contributed by atoms with Crippen LogP contribution in [0.25, 0.3) is 0 Å². The predicted octanol–water partition coefficient (Wildman–Crippen LogP) is 2.50. The van der Waals surface area contributed by atoms with Gasteiger partial charge in [-0.05, 0) is 30.0 Å². The first-order chi connectivity index (χ1) is 11.3. The highest BCUT2D eigenvalue weighted by Gasteiger charge is 2.27. The van der Waals surface area contributed by atoms with Crippen molar-refractivity contribution in [2.75, 3.05) is 14.2 Å². The van der Waals surface area contributed by atoms with Gasteiger partial charge in [-0.1, -0.05) is 33.3 Å². The van der Waals surface area contributed by atoms with Gasteiger partial charge in [0.15, 0.2) is 11.5 Å². The van der Waals surface area contributed by atoms with Crippen LogP contribution in [0.4, 0.5) is 0 Å². The van der Waals surface area contributed by atoms with E-state index in [1.165, 1.54) is 0 Å². The van der Waals surface area contributed by atoms with E-state index in [0.717, 1.165) is 5.56 Å². The first-order valence-corrected chi connectivity index (χ1v) is 8.08. The number of aliphatic carboxylic acids is 1. The number of carbonyl (C=O) groups excluding carboxylic acids is 1. The highest BCUT2D eigenvalue weighted by Crippen LogP contribution is 2.28. The largest absolute Gasteiger partial charge is 0.493 e. The number of methoxy groups -OCH3 is 2. The number of hydrogen-bond acceptors (Lipinski definition) is 4. The summed E-state index contributed by atoms with van der Waals surface area (Å²) in [4.78, 5) is 23.7. The van der Waals surface area contributed by atoms with E-state index in [2.05, 4.69) is 5.32 Å². The average molecular weight is 337 g/mol. The van der Waals surface area contributed by atoms with Crippen LogP contribution in [0, 0.1) is 11.8 Å². The lowest BCUT2D eigenvalue weighted by Gasteiger charge is -2.22. The van der Waals surface area contributed by atoms with Crippen LogP contribution in [0.5, 0.6) is 11.5 Å². The number of hydrogen-bond donors (Lipinski definition) is 2. The Bertz CT molecular complexity index is 573. The van der Waals surface area contributed by atoms with Crippen LogP contribution in [0.1, 0.15) is 32.8 Å². The van der Waals surface area contributed by atoms with E-state index in [1.54, 1.807) is 27.2 Å². The van der Waals surface area contributed by atoms with E-state index in [1.807, 2.05) is 26.0 Å². The molecule has 0 aliphatic carbocycles. The molecule has 0 aliphatic rings. The summed E-state index contributed by atoms with van der Waals surface area (Å²) < 4.78 is 10.4. The minimum atomic E-state index is -1.00. The molecule has 0 fully saturated rings. The molecular weight excluding hydrogens is 310 g/mol. The average Bonchev–Trinajstić information content (AvgIpc) is 2.58. The van der Waals surface area contributed by atoms with Crippen LogP contribution in [-0.2, 0) is 16.0 Å². The summed E-state index contributed by atoms with van der Waals surface area (Å²) in [6, 6.07) is 4.62. The molecule has 3 atom stereocenters. The van der Waals surface area contributed by atoms with E-state index in [9.17, 15) is 14.7 Å². The highest BCUT2D eigenvalue weighted by molar-refractivity contribution is 5.85. The van der Waals surface area contributed by atoms with E-state index in [0.29, 0.717) is 24.3 Å². The molecule has 0 radical (unpaired) electrons. The van der Waals surface area contributed by atoms with Crippen molar-refractivity contribution in [1.29, 1.82) is 0 Å². The molecule has 2 N–H and O–H groups in total. The molecule has 1 aromatic rings. The van der Waals surface area contributed by atoms with Crippen LogP contribution in [0.3, 0.4) is 0 Å². The number of carboxylic acid groups (broad SMARTS) is 1. The fraction of sp³-hybridized carbons (Fsp3) is 0.556. The van der Waals surface area contributed by atoms with Crippen molar-refractivity contribution in [3.05, 3.63) is 23.8 Å². The summed E-state index contributed by atoms with van der Waals surface area (Å²) in [6.07, 6.45) is 1.17. The zero-order valence-corrected chi connectivity index (χ0v) is 15.0. The molecule has 0 saturated heterocycles. The van der Waals surface area contributed by atoms with Crippen LogP contribution in [-0.4, -0.2) is 37.2 Å². The summed E-state index contributed by atoms with van der Waals surface area (Å²) in [6.45, 7) is 5.50. The Kier molecular flexibility index (Phi) is 7.55. The summed E-state index contributed by atoms with van der Waals surface area (Å²) in [7, 11) is 3.12. The molecule has 1 rings (SSSR count). The minimum absolute atomic E-state index is 0.125. The summed E-state index contributed by atoms with van der Waals surface area (Å²) in [5, 5.41) is 11.9. The van der Waals surface area contributed by atoms with Crippen molar-refractivity contribution in [2.24, 2.45) is 11.8 Å². The SMILES string of the molecule is CC[C@H](C)[C@H](NC(=O)C(C)Cc1ccc(OC)c(OC)c1)C(=O)O. The lowest BCUT2D eigenvalue weighted by Crippen LogP contribution is -2.47. The van der Waals surface area contributed by atoms with E-state index in [-0.39, 0.29) is 17.7 Å². The number of ether oxygens (including phenoxy) is 2. The maximum atomic E-state index is 12.3. The molecule has 24 heavy (non-hydrogen) atoms. The molecule has 134 valence electrons. The van der Waals surface area contributed by atoms with Crippen LogP contribution < -0.4 is 14.8 Å². The molecule has 1 amide bonds. The normalized spacial score (nSPS) is 14.4. The topological polar surface area (TPSA) is 84.9 Å². The summed E-state index contributed by atoms with van der Waals surface area (Å²) in [5.41, 5.74) is 0.922. The molecule has 0 heterocycles. The number of rotatable bonds is 9. The third-order valence-electron chi connectivity index (χ3n) is 4.21. The maximum absolute atomic E-state index is 12.3. The first kappa shape index (κ1) is 19.8. The fourth-order valence-corrected chi connectivity index (χ4v) is 2.43. The van der Waals surface area contributed by atoms with Gasteiger partial charge < -0.3 is 19.9 Å². The molecule has 0 aromatic heterocycles. The van der Waals surface area contributed by atoms with Gasteiger partial charge in [0.2, 0.25) is 5.91 Å². The molecule has 0 aliphatic heterocycles. The van der Waals surface area contributed by atoms with Gasteiger partial charge in [0.1, 0.15) is 6.04 Å². The van der Waals surface area contributed by atoms with Gasteiger partial charge in [0.05, 0.1) is 14.2 Å². The van der Waals surface area contributed by atoms with Crippen molar-refractivity contribution in [3.8, 4) is 11.5 Å². The fourth-order valence-electron chi connectivity index (χ4n) is 2.43. The number of nitrogens with one attached hydrogen (secondary N) is 1. The molecular formula is C18H27NO5. The molecule has 6 nitrogen and oxygen atoms in total. The van der Waals surface area contributed by atoms with Crippen LogP contribution in [0.2, 0.25) is 0 Å². The number of amides is 1.